The number of aliphatic carboxylic acids is 1. The molecule has 3 aromatic rings. The number of likely N-dealkylation sites (tertiary alicyclic amines) is 1. The number of fused-ring (bicyclic) bond motifs is 4. The Kier molecular flexibility index (Phi) is 8.61. The monoisotopic (exact) mass is 700 g/mol. The Bertz CT molecular complexity index is 1910. The molecule has 0 bridgehead atoms. The molecule has 2 N–H and O–H groups in total. The topological polar surface area (TPSA) is 132 Å². The number of hydrogen-bond donors (Lipinski definition) is 2. The summed E-state index contributed by atoms with van der Waals surface area (Å²) < 4.78 is 0. The number of rotatable bonds is 9. The Labute approximate surface area is 293 Å². The Morgan fingerprint density at radius 3 is 2.33 bits per heavy atom. The van der Waals surface area contributed by atoms with Gasteiger partial charge in [-0.25, -0.2) is 4.90 Å². The predicted molar refractivity (Wildman–Crippen MR) is 182 cm³/mol. The van der Waals surface area contributed by atoms with Gasteiger partial charge in [-0.05, 0) is 73.6 Å². The molecule has 4 amide bonds. The van der Waals surface area contributed by atoms with Crippen LogP contribution in [-0.4, -0.2) is 51.3 Å². The first kappa shape index (κ1) is 33.0. The molecule has 1 saturated carbocycles. The number of benzene rings is 3. The molecule has 0 aromatic heterocycles. The lowest BCUT2D eigenvalue weighted by Gasteiger charge is -2.50. The third-order valence-corrected chi connectivity index (χ3v) is 11.3. The second-order valence-electron chi connectivity index (χ2n) is 13.3. The SMILES string of the molecule is O=C(O)CCCCCN1C(=O)C2CC=C3C(CC4C(=O)N(c5cccc(Cl)c5)C(=O)C4(c4ccccc4)C3c3cc(Cl)ccc3O)C2C1=O. The van der Waals surface area contributed by atoms with Gasteiger partial charge in [0, 0.05) is 34.5 Å². The molecule has 2 saturated heterocycles. The average molecular weight is 702 g/mol. The number of halogens is 2. The van der Waals surface area contributed by atoms with Gasteiger partial charge in [0.1, 0.15) is 5.75 Å². The van der Waals surface area contributed by atoms with Crippen LogP contribution < -0.4 is 4.90 Å². The molecule has 3 aromatic carbocycles. The maximum Gasteiger partial charge on any atom is 0.303 e. The fourth-order valence-electron chi connectivity index (χ4n) is 8.85. The molecule has 2 aliphatic heterocycles. The highest BCUT2D eigenvalue weighted by Gasteiger charge is 2.70. The van der Waals surface area contributed by atoms with E-state index in [9.17, 15) is 24.3 Å². The van der Waals surface area contributed by atoms with Crippen LogP contribution in [0.5, 0.6) is 5.75 Å². The quantitative estimate of drug-likeness (QED) is 0.148. The maximum atomic E-state index is 15.2. The van der Waals surface area contributed by atoms with Crippen LogP contribution in [0.1, 0.15) is 55.6 Å². The Balaban J connectivity index is 1.37. The summed E-state index contributed by atoms with van der Waals surface area (Å²) in [6.45, 7) is 0.183. The summed E-state index contributed by atoms with van der Waals surface area (Å²) >= 11 is 12.9. The van der Waals surface area contributed by atoms with E-state index in [-0.39, 0.29) is 43.4 Å². The van der Waals surface area contributed by atoms with Gasteiger partial charge in [-0.3, -0.25) is 28.9 Å². The first-order valence-electron chi connectivity index (χ1n) is 16.5. The van der Waals surface area contributed by atoms with E-state index in [0.29, 0.717) is 46.1 Å². The summed E-state index contributed by atoms with van der Waals surface area (Å²) in [6.07, 6.45) is 3.81. The number of amides is 4. The smallest absolute Gasteiger partial charge is 0.303 e. The summed E-state index contributed by atoms with van der Waals surface area (Å²) in [4.78, 5) is 71.3. The van der Waals surface area contributed by atoms with E-state index in [1.807, 2.05) is 24.3 Å². The van der Waals surface area contributed by atoms with Crippen LogP contribution in [-0.2, 0) is 29.4 Å². The Morgan fingerprint density at radius 2 is 1.59 bits per heavy atom. The number of imide groups is 2. The molecule has 6 unspecified atom stereocenters. The highest BCUT2D eigenvalue weighted by Crippen LogP contribution is 2.65. The number of phenols is 1. The standard InChI is InChI=1S/C38H34Cl2N2O7/c39-22-10-7-11-24(18-22)42-35(47)29-20-27-25(14-15-26-32(27)36(48)41(34(26)46)17-6-2-5-12-31(44)45)33(28-19-23(40)13-16-30(28)43)38(29,37(42)49)21-8-3-1-4-9-21/h1,3-4,7-11,13-14,16,18-19,26-27,29,32-33,43H,2,5-6,12,15,17,20H2,(H,44,45). The van der Waals surface area contributed by atoms with Crippen LogP contribution in [0.25, 0.3) is 0 Å². The van der Waals surface area contributed by atoms with Gasteiger partial charge in [0.25, 0.3) is 0 Å². The number of aromatic hydroxyl groups is 1. The summed E-state index contributed by atoms with van der Waals surface area (Å²) in [5, 5.41) is 21.1. The van der Waals surface area contributed by atoms with Crippen molar-refractivity contribution in [1.82, 2.24) is 4.90 Å². The zero-order valence-corrected chi connectivity index (χ0v) is 27.9. The minimum Gasteiger partial charge on any atom is -0.508 e. The molecule has 252 valence electrons. The molecule has 49 heavy (non-hydrogen) atoms. The molecule has 2 heterocycles. The largest absolute Gasteiger partial charge is 0.508 e. The van der Waals surface area contributed by atoms with Gasteiger partial charge in [-0.1, -0.05) is 77.7 Å². The third-order valence-electron chi connectivity index (χ3n) is 10.8. The van der Waals surface area contributed by atoms with E-state index >= 15 is 4.79 Å². The average Bonchev–Trinajstić information content (AvgIpc) is 3.46. The van der Waals surface area contributed by atoms with Gasteiger partial charge in [0.15, 0.2) is 0 Å². The minimum absolute atomic E-state index is 0.0176. The van der Waals surface area contributed by atoms with Crippen molar-refractivity contribution in [1.29, 1.82) is 0 Å². The van der Waals surface area contributed by atoms with Crippen molar-refractivity contribution in [3.05, 3.63) is 106 Å². The van der Waals surface area contributed by atoms with E-state index < -0.39 is 52.8 Å². The van der Waals surface area contributed by atoms with Crippen LogP contribution >= 0.6 is 23.2 Å². The van der Waals surface area contributed by atoms with Gasteiger partial charge in [-0.2, -0.15) is 0 Å². The molecule has 0 spiro atoms. The molecule has 6 atom stereocenters. The van der Waals surface area contributed by atoms with Crippen LogP contribution in [0.2, 0.25) is 10.0 Å². The maximum absolute atomic E-state index is 15.2. The zero-order valence-electron chi connectivity index (χ0n) is 26.4. The van der Waals surface area contributed by atoms with E-state index in [1.54, 1.807) is 48.5 Å². The zero-order chi connectivity index (χ0) is 34.6. The number of carboxylic acids is 1. The predicted octanol–water partition coefficient (Wildman–Crippen LogP) is 6.51. The number of anilines is 1. The van der Waals surface area contributed by atoms with Gasteiger partial charge in [-0.15, -0.1) is 0 Å². The van der Waals surface area contributed by atoms with Gasteiger partial charge in [0.05, 0.1) is 28.9 Å². The second-order valence-corrected chi connectivity index (χ2v) is 14.2. The van der Waals surface area contributed by atoms with Crippen LogP contribution in [0.3, 0.4) is 0 Å². The molecular formula is C38H34Cl2N2O7. The molecule has 4 aliphatic rings. The van der Waals surface area contributed by atoms with E-state index in [4.69, 9.17) is 28.3 Å². The van der Waals surface area contributed by atoms with Crippen molar-refractivity contribution in [2.75, 3.05) is 11.4 Å². The number of unbranched alkanes of at least 4 members (excludes halogenated alkanes) is 2. The van der Waals surface area contributed by atoms with Gasteiger partial charge >= 0.3 is 5.97 Å². The number of nitrogens with zero attached hydrogens (tertiary/aromatic N) is 2. The van der Waals surface area contributed by atoms with Crippen LogP contribution in [0.4, 0.5) is 5.69 Å². The summed E-state index contributed by atoms with van der Waals surface area (Å²) in [6, 6.07) is 20.2. The Hall–Kier alpha value is -4.47. The lowest BCUT2D eigenvalue weighted by atomic mass is 9.49. The normalized spacial score (nSPS) is 27.6. The Morgan fingerprint density at radius 1 is 0.837 bits per heavy atom. The number of hydrogen-bond acceptors (Lipinski definition) is 6. The lowest BCUT2D eigenvalue weighted by molar-refractivity contribution is -0.141. The van der Waals surface area contributed by atoms with Crippen molar-refractivity contribution in [2.45, 2.75) is 49.9 Å². The highest BCUT2D eigenvalue weighted by molar-refractivity contribution is 6.32. The number of carboxylic acid groups (broad SMARTS) is 1. The van der Waals surface area contributed by atoms with Gasteiger partial charge < -0.3 is 10.2 Å². The van der Waals surface area contributed by atoms with Crippen molar-refractivity contribution in [2.24, 2.45) is 23.7 Å². The molecule has 0 radical (unpaired) electrons. The van der Waals surface area contributed by atoms with E-state index in [1.165, 1.54) is 15.9 Å². The number of carbonyl (C=O) groups is 5. The molecule has 3 fully saturated rings. The van der Waals surface area contributed by atoms with E-state index in [0.717, 1.165) is 5.57 Å². The van der Waals surface area contributed by atoms with E-state index in [2.05, 4.69) is 0 Å². The first-order valence-corrected chi connectivity index (χ1v) is 17.3. The number of allylic oxidation sites excluding steroid dienone is 2. The second kappa shape index (κ2) is 12.8. The van der Waals surface area contributed by atoms with Crippen LogP contribution in [0.15, 0.2) is 84.4 Å². The molecular weight excluding hydrogens is 667 g/mol. The van der Waals surface area contributed by atoms with Gasteiger partial charge in [0.2, 0.25) is 23.6 Å². The summed E-state index contributed by atoms with van der Waals surface area (Å²) in [5.74, 6) is -6.34. The van der Waals surface area contributed by atoms with Crippen molar-refractivity contribution in [3.8, 4) is 5.75 Å². The fourth-order valence-corrected chi connectivity index (χ4v) is 9.22. The number of carbonyl (C=O) groups excluding carboxylic acids is 4. The van der Waals surface area contributed by atoms with Crippen LogP contribution in [0, 0.1) is 23.7 Å². The molecule has 9 nitrogen and oxygen atoms in total. The molecule has 2 aliphatic carbocycles. The van der Waals surface area contributed by atoms with Crippen molar-refractivity contribution >= 4 is 58.5 Å². The summed E-state index contributed by atoms with van der Waals surface area (Å²) in [7, 11) is 0. The number of phenolic OH excluding ortho intramolecular Hbond substituents is 1. The lowest BCUT2D eigenvalue weighted by Crippen LogP contribution is -2.53. The summed E-state index contributed by atoms with van der Waals surface area (Å²) in [5.41, 5.74) is 0.463. The fraction of sp³-hybridized carbons (Fsp3) is 0.342. The highest BCUT2D eigenvalue weighted by atomic mass is 35.5. The third kappa shape index (κ3) is 5.25. The molecule has 7 rings (SSSR count). The van der Waals surface area contributed by atoms with Crippen molar-refractivity contribution < 1.29 is 34.2 Å². The molecule has 11 heteroatoms. The first-order chi connectivity index (χ1) is 23.5. The van der Waals surface area contributed by atoms with Crippen molar-refractivity contribution in [3.63, 3.8) is 0 Å². The minimum atomic E-state index is -1.52.